The third kappa shape index (κ3) is 4.85. The van der Waals surface area contributed by atoms with Crippen LogP contribution in [0.15, 0.2) is 54.9 Å². The van der Waals surface area contributed by atoms with Crippen LogP contribution in [-0.2, 0) is 6.42 Å². The topological polar surface area (TPSA) is 73.6 Å². The molecule has 1 heterocycles. The fourth-order valence-corrected chi connectivity index (χ4v) is 2.85. The summed E-state index contributed by atoms with van der Waals surface area (Å²) >= 11 is 12.1. The number of nitriles is 1. The Morgan fingerprint density at radius 2 is 1.73 bits per heavy atom. The van der Waals surface area contributed by atoms with E-state index >= 15 is 0 Å². The first kappa shape index (κ1) is 18.0. The summed E-state index contributed by atoms with van der Waals surface area (Å²) in [5.41, 5.74) is 2.48. The third-order valence-electron chi connectivity index (χ3n) is 3.67. The second kappa shape index (κ2) is 8.52. The number of aromatic nitrogens is 2. The van der Waals surface area contributed by atoms with Gasteiger partial charge in [-0.15, -0.1) is 0 Å². The minimum atomic E-state index is 0.612. The van der Waals surface area contributed by atoms with Gasteiger partial charge in [0.25, 0.3) is 0 Å². The van der Waals surface area contributed by atoms with E-state index in [4.69, 9.17) is 28.5 Å². The van der Waals surface area contributed by atoms with Gasteiger partial charge in [0.1, 0.15) is 18.0 Å². The predicted molar refractivity (Wildman–Crippen MR) is 105 cm³/mol. The van der Waals surface area contributed by atoms with Crippen LogP contribution < -0.4 is 10.6 Å². The molecule has 0 bridgehead atoms. The zero-order chi connectivity index (χ0) is 18.4. The highest BCUT2D eigenvalue weighted by Gasteiger charge is 2.03. The Morgan fingerprint density at radius 1 is 0.962 bits per heavy atom. The first-order valence-corrected chi connectivity index (χ1v) is 8.66. The Hall–Kier alpha value is -2.81. The molecule has 0 atom stereocenters. The number of rotatable bonds is 6. The van der Waals surface area contributed by atoms with Gasteiger partial charge in [0.2, 0.25) is 0 Å². The van der Waals surface area contributed by atoms with Gasteiger partial charge in [0.05, 0.1) is 11.6 Å². The van der Waals surface area contributed by atoms with Crippen molar-refractivity contribution in [1.29, 1.82) is 5.26 Å². The van der Waals surface area contributed by atoms with Crippen molar-refractivity contribution in [2.75, 3.05) is 17.2 Å². The van der Waals surface area contributed by atoms with Crippen molar-refractivity contribution >= 4 is 40.5 Å². The third-order valence-corrected chi connectivity index (χ3v) is 4.26. The van der Waals surface area contributed by atoms with Crippen LogP contribution in [0, 0.1) is 11.3 Å². The summed E-state index contributed by atoms with van der Waals surface area (Å²) in [6.45, 7) is 0.675. The SMILES string of the molecule is N#Cc1ccc(Nc2cc(NCCc3ccc(Cl)cc3Cl)ncn2)cc1. The van der Waals surface area contributed by atoms with Crippen LogP contribution in [0.2, 0.25) is 10.0 Å². The number of nitrogens with zero attached hydrogens (tertiary/aromatic N) is 3. The molecule has 26 heavy (non-hydrogen) atoms. The van der Waals surface area contributed by atoms with Crippen molar-refractivity contribution in [3.63, 3.8) is 0 Å². The fourth-order valence-electron chi connectivity index (χ4n) is 2.35. The van der Waals surface area contributed by atoms with Crippen molar-refractivity contribution < 1.29 is 0 Å². The summed E-state index contributed by atoms with van der Waals surface area (Å²) in [6, 6.07) is 16.6. The first-order chi connectivity index (χ1) is 12.6. The van der Waals surface area contributed by atoms with Crippen molar-refractivity contribution in [3.05, 3.63) is 76.0 Å². The molecule has 0 spiro atoms. The maximum atomic E-state index is 8.84. The zero-order valence-electron chi connectivity index (χ0n) is 13.7. The summed E-state index contributed by atoms with van der Waals surface area (Å²) in [6.07, 6.45) is 2.24. The van der Waals surface area contributed by atoms with Gasteiger partial charge in [-0.25, -0.2) is 9.97 Å². The van der Waals surface area contributed by atoms with Crippen molar-refractivity contribution in [3.8, 4) is 6.07 Å². The summed E-state index contributed by atoms with van der Waals surface area (Å²) in [5, 5.41) is 16.6. The second-order valence-corrected chi connectivity index (χ2v) is 6.36. The van der Waals surface area contributed by atoms with E-state index in [1.807, 2.05) is 30.3 Å². The lowest BCUT2D eigenvalue weighted by Crippen LogP contribution is -2.07. The standard InChI is InChI=1S/C19H15Cl2N5/c20-15-4-3-14(17(21)9-15)7-8-23-18-10-19(25-12-24-18)26-16-5-1-13(11-22)2-6-16/h1-6,9-10,12H,7-8H2,(H2,23,24,25,26). The molecule has 3 aromatic rings. The molecule has 3 rings (SSSR count). The minimum Gasteiger partial charge on any atom is -0.370 e. The Balaban J connectivity index is 1.59. The molecule has 0 amide bonds. The maximum Gasteiger partial charge on any atom is 0.135 e. The lowest BCUT2D eigenvalue weighted by Gasteiger charge is -2.09. The summed E-state index contributed by atoms with van der Waals surface area (Å²) in [5.74, 6) is 1.37. The van der Waals surface area contributed by atoms with Gasteiger partial charge in [-0.2, -0.15) is 5.26 Å². The van der Waals surface area contributed by atoms with Crippen LogP contribution in [0.3, 0.4) is 0 Å². The Kier molecular flexibility index (Phi) is 5.90. The highest BCUT2D eigenvalue weighted by atomic mass is 35.5. The zero-order valence-corrected chi connectivity index (χ0v) is 15.2. The average Bonchev–Trinajstić information content (AvgIpc) is 2.64. The van der Waals surface area contributed by atoms with Crippen molar-refractivity contribution in [1.82, 2.24) is 9.97 Å². The molecule has 7 heteroatoms. The lowest BCUT2D eigenvalue weighted by molar-refractivity contribution is 1.000. The molecule has 0 fully saturated rings. The van der Waals surface area contributed by atoms with Gasteiger partial charge in [-0.05, 0) is 48.4 Å². The quantitative estimate of drug-likeness (QED) is 0.622. The minimum absolute atomic E-state index is 0.612. The van der Waals surface area contributed by atoms with E-state index in [2.05, 4.69) is 26.7 Å². The number of nitrogens with one attached hydrogen (secondary N) is 2. The molecule has 0 aliphatic rings. The Morgan fingerprint density at radius 3 is 2.46 bits per heavy atom. The van der Waals surface area contributed by atoms with Crippen LogP contribution in [-0.4, -0.2) is 16.5 Å². The van der Waals surface area contributed by atoms with E-state index in [-0.39, 0.29) is 0 Å². The predicted octanol–water partition coefficient (Wildman–Crippen LogP) is 5.05. The molecule has 0 radical (unpaired) electrons. The lowest BCUT2D eigenvalue weighted by atomic mass is 10.1. The summed E-state index contributed by atoms with van der Waals surface area (Å²) in [7, 11) is 0. The largest absolute Gasteiger partial charge is 0.370 e. The molecular formula is C19H15Cl2N5. The average molecular weight is 384 g/mol. The van der Waals surface area contributed by atoms with Gasteiger partial charge in [0, 0.05) is 28.3 Å². The second-order valence-electron chi connectivity index (χ2n) is 5.52. The summed E-state index contributed by atoms with van der Waals surface area (Å²) in [4.78, 5) is 8.42. The maximum absolute atomic E-state index is 8.84. The smallest absolute Gasteiger partial charge is 0.135 e. The monoisotopic (exact) mass is 383 g/mol. The van der Waals surface area contributed by atoms with Crippen LogP contribution in [0.1, 0.15) is 11.1 Å². The van der Waals surface area contributed by atoms with Gasteiger partial charge < -0.3 is 10.6 Å². The molecule has 0 unspecified atom stereocenters. The van der Waals surface area contributed by atoms with E-state index in [1.54, 1.807) is 18.2 Å². The molecule has 130 valence electrons. The van der Waals surface area contributed by atoms with Gasteiger partial charge >= 0.3 is 0 Å². The fraction of sp³-hybridized carbons (Fsp3) is 0.105. The normalized spacial score (nSPS) is 10.2. The van der Waals surface area contributed by atoms with Crippen LogP contribution >= 0.6 is 23.2 Å². The molecule has 2 aromatic carbocycles. The van der Waals surface area contributed by atoms with Crippen LogP contribution in [0.4, 0.5) is 17.3 Å². The molecule has 5 nitrogen and oxygen atoms in total. The first-order valence-electron chi connectivity index (χ1n) is 7.91. The Bertz CT molecular complexity index is 935. The number of benzene rings is 2. The molecule has 1 aromatic heterocycles. The van der Waals surface area contributed by atoms with E-state index in [1.165, 1.54) is 6.33 Å². The number of hydrogen-bond donors (Lipinski definition) is 2. The molecule has 2 N–H and O–H groups in total. The highest BCUT2D eigenvalue weighted by Crippen LogP contribution is 2.21. The summed E-state index contributed by atoms with van der Waals surface area (Å²) < 4.78 is 0. The number of hydrogen-bond acceptors (Lipinski definition) is 5. The molecule has 0 saturated carbocycles. The number of anilines is 3. The van der Waals surface area contributed by atoms with E-state index < -0.39 is 0 Å². The Labute approximate surface area is 161 Å². The van der Waals surface area contributed by atoms with Gasteiger partial charge in [-0.1, -0.05) is 29.3 Å². The van der Waals surface area contributed by atoms with E-state index in [0.717, 1.165) is 17.7 Å². The molecule has 0 aliphatic heterocycles. The highest BCUT2D eigenvalue weighted by molar-refractivity contribution is 6.35. The molecule has 0 saturated heterocycles. The van der Waals surface area contributed by atoms with Gasteiger partial charge in [0.15, 0.2) is 0 Å². The van der Waals surface area contributed by atoms with Crippen LogP contribution in [0.25, 0.3) is 0 Å². The number of halogens is 2. The van der Waals surface area contributed by atoms with Gasteiger partial charge in [-0.3, -0.25) is 0 Å². The molecular weight excluding hydrogens is 369 g/mol. The van der Waals surface area contributed by atoms with Crippen LogP contribution in [0.5, 0.6) is 0 Å². The van der Waals surface area contributed by atoms with Crippen molar-refractivity contribution in [2.45, 2.75) is 6.42 Å². The molecule has 0 aliphatic carbocycles. The van der Waals surface area contributed by atoms with E-state index in [9.17, 15) is 0 Å². The van der Waals surface area contributed by atoms with Crippen molar-refractivity contribution in [2.24, 2.45) is 0 Å². The van der Waals surface area contributed by atoms with E-state index in [0.29, 0.717) is 33.8 Å².